The first kappa shape index (κ1) is 15.5. The van der Waals surface area contributed by atoms with Gasteiger partial charge in [-0.25, -0.2) is 4.79 Å². The van der Waals surface area contributed by atoms with Gasteiger partial charge in [0.25, 0.3) is 0 Å². The third-order valence-electron chi connectivity index (χ3n) is 2.39. The molecule has 106 valence electrons. The minimum absolute atomic E-state index is 0.248. The number of urea groups is 1. The maximum atomic E-state index is 11.9. The Morgan fingerprint density at radius 3 is 2.74 bits per heavy atom. The Morgan fingerprint density at radius 1 is 1.47 bits per heavy atom. The van der Waals surface area contributed by atoms with Crippen LogP contribution in [0, 0.1) is 6.92 Å². The number of aliphatic carboxylic acids is 1. The van der Waals surface area contributed by atoms with E-state index in [1.807, 2.05) is 19.1 Å². The van der Waals surface area contributed by atoms with Crippen molar-refractivity contribution in [3.05, 3.63) is 21.9 Å². The van der Waals surface area contributed by atoms with Crippen LogP contribution in [-0.2, 0) is 16.1 Å². The van der Waals surface area contributed by atoms with Gasteiger partial charge >= 0.3 is 12.0 Å². The molecule has 2 amide bonds. The number of thiophene rings is 1. The minimum Gasteiger partial charge on any atom is -0.480 e. The summed E-state index contributed by atoms with van der Waals surface area (Å²) in [6.45, 7) is 2.61. The highest BCUT2D eigenvalue weighted by Gasteiger charge is 2.16. The topological polar surface area (TPSA) is 78.9 Å². The minimum atomic E-state index is -1.04. The van der Waals surface area contributed by atoms with E-state index in [1.54, 1.807) is 11.3 Å². The number of nitrogens with zero attached hydrogens (tertiary/aromatic N) is 1. The molecule has 0 fully saturated rings. The molecule has 7 heteroatoms. The summed E-state index contributed by atoms with van der Waals surface area (Å²) < 4.78 is 4.86. The summed E-state index contributed by atoms with van der Waals surface area (Å²) >= 11 is 1.60. The Kier molecular flexibility index (Phi) is 6.31. The van der Waals surface area contributed by atoms with Crippen molar-refractivity contribution in [3.63, 3.8) is 0 Å². The van der Waals surface area contributed by atoms with Gasteiger partial charge in [-0.2, -0.15) is 0 Å². The lowest BCUT2D eigenvalue weighted by Crippen LogP contribution is -2.43. The molecule has 1 aromatic heterocycles. The number of amides is 2. The van der Waals surface area contributed by atoms with Gasteiger partial charge in [-0.05, 0) is 19.1 Å². The molecule has 2 N–H and O–H groups in total. The molecule has 19 heavy (non-hydrogen) atoms. The number of nitrogens with one attached hydrogen (secondary N) is 1. The average Bonchev–Trinajstić information content (AvgIpc) is 2.77. The van der Waals surface area contributed by atoms with Gasteiger partial charge in [0, 0.05) is 23.4 Å². The second-order valence-corrected chi connectivity index (χ2v) is 5.35. The Balaban J connectivity index is 2.48. The summed E-state index contributed by atoms with van der Waals surface area (Å²) in [5.41, 5.74) is 0. The number of rotatable bonds is 7. The summed E-state index contributed by atoms with van der Waals surface area (Å²) in [5, 5.41) is 11.5. The van der Waals surface area contributed by atoms with Crippen molar-refractivity contribution in [2.75, 3.05) is 26.8 Å². The monoisotopic (exact) mass is 286 g/mol. The number of ether oxygens (including phenoxy) is 1. The number of methoxy groups -OCH3 is 1. The quantitative estimate of drug-likeness (QED) is 0.792. The van der Waals surface area contributed by atoms with Crippen molar-refractivity contribution in [1.29, 1.82) is 0 Å². The average molecular weight is 286 g/mol. The standard InChI is InChI=1S/C12H18N2O4S/c1-9-3-4-10(19-9)7-13-12(17)14(5-6-18-2)8-11(15)16/h3-4H,5-8H2,1-2H3,(H,13,17)(H,15,16). The number of carboxylic acid groups (broad SMARTS) is 1. The van der Waals surface area contributed by atoms with E-state index in [-0.39, 0.29) is 13.1 Å². The van der Waals surface area contributed by atoms with Crippen molar-refractivity contribution in [3.8, 4) is 0 Å². The van der Waals surface area contributed by atoms with Crippen LogP contribution in [0.15, 0.2) is 12.1 Å². The Labute approximate surface area is 116 Å². The molecular weight excluding hydrogens is 268 g/mol. The van der Waals surface area contributed by atoms with Crippen LogP contribution in [0.3, 0.4) is 0 Å². The van der Waals surface area contributed by atoms with Crippen LogP contribution in [0.25, 0.3) is 0 Å². The predicted octanol–water partition coefficient (Wildman–Crippen LogP) is 1.30. The largest absolute Gasteiger partial charge is 0.480 e. The van der Waals surface area contributed by atoms with Gasteiger partial charge in [0.05, 0.1) is 13.2 Å². The summed E-state index contributed by atoms with van der Waals surface area (Å²) in [4.78, 5) is 26.0. The Bertz CT molecular complexity index is 433. The fourth-order valence-electron chi connectivity index (χ4n) is 1.47. The molecule has 6 nitrogen and oxygen atoms in total. The van der Waals surface area contributed by atoms with E-state index in [1.165, 1.54) is 16.9 Å². The van der Waals surface area contributed by atoms with E-state index in [0.29, 0.717) is 13.2 Å². The number of carboxylic acids is 1. The van der Waals surface area contributed by atoms with Gasteiger partial charge in [-0.1, -0.05) is 0 Å². The zero-order valence-corrected chi connectivity index (χ0v) is 11.8. The highest BCUT2D eigenvalue weighted by atomic mass is 32.1. The van der Waals surface area contributed by atoms with E-state index in [0.717, 1.165) is 4.88 Å². The van der Waals surface area contributed by atoms with Crippen molar-refractivity contribution < 1.29 is 19.4 Å². The van der Waals surface area contributed by atoms with Gasteiger partial charge in [0.2, 0.25) is 0 Å². The van der Waals surface area contributed by atoms with E-state index in [9.17, 15) is 9.59 Å². The van der Waals surface area contributed by atoms with Gasteiger partial charge < -0.3 is 20.1 Å². The smallest absolute Gasteiger partial charge is 0.323 e. The lowest BCUT2D eigenvalue weighted by molar-refractivity contribution is -0.137. The molecule has 0 unspecified atom stereocenters. The van der Waals surface area contributed by atoms with E-state index < -0.39 is 12.0 Å². The molecule has 0 spiro atoms. The van der Waals surface area contributed by atoms with Crippen molar-refractivity contribution in [1.82, 2.24) is 10.2 Å². The van der Waals surface area contributed by atoms with Crippen LogP contribution < -0.4 is 5.32 Å². The highest BCUT2D eigenvalue weighted by molar-refractivity contribution is 7.11. The first-order chi connectivity index (χ1) is 9.02. The van der Waals surface area contributed by atoms with Gasteiger partial charge in [-0.3, -0.25) is 4.79 Å². The molecule has 0 bridgehead atoms. The maximum absolute atomic E-state index is 11.9. The zero-order chi connectivity index (χ0) is 14.3. The normalized spacial score (nSPS) is 10.2. The molecular formula is C12H18N2O4S. The second-order valence-electron chi connectivity index (χ2n) is 3.98. The first-order valence-electron chi connectivity index (χ1n) is 5.81. The second kappa shape index (κ2) is 7.75. The van der Waals surface area contributed by atoms with E-state index in [4.69, 9.17) is 9.84 Å². The van der Waals surface area contributed by atoms with Gasteiger partial charge in [0.1, 0.15) is 6.54 Å². The van der Waals surface area contributed by atoms with Crippen molar-refractivity contribution >= 4 is 23.3 Å². The molecule has 0 atom stereocenters. The van der Waals surface area contributed by atoms with E-state index >= 15 is 0 Å². The summed E-state index contributed by atoms with van der Waals surface area (Å²) in [6.07, 6.45) is 0. The summed E-state index contributed by atoms with van der Waals surface area (Å²) in [5.74, 6) is -1.04. The fourth-order valence-corrected chi connectivity index (χ4v) is 2.30. The van der Waals surface area contributed by atoms with Crippen LogP contribution in [0.1, 0.15) is 9.75 Å². The third-order valence-corrected chi connectivity index (χ3v) is 3.39. The molecule has 0 radical (unpaired) electrons. The van der Waals surface area contributed by atoms with Crippen molar-refractivity contribution in [2.24, 2.45) is 0 Å². The first-order valence-corrected chi connectivity index (χ1v) is 6.63. The van der Waals surface area contributed by atoms with Gasteiger partial charge in [0.15, 0.2) is 0 Å². The fraction of sp³-hybridized carbons (Fsp3) is 0.500. The molecule has 0 aliphatic heterocycles. The van der Waals surface area contributed by atoms with Crippen molar-refractivity contribution in [2.45, 2.75) is 13.5 Å². The van der Waals surface area contributed by atoms with Crippen LogP contribution >= 0.6 is 11.3 Å². The van der Waals surface area contributed by atoms with Crippen LogP contribution in [0.5, 0.6) is 0 Å². The number of carbonyl (C=O) groups is 2. The van der Waals surface area contributed by atoms with Crippen LogP contribution in [0.4, 0.5) is 4.79 Å². The van der Waals surface area contributed by atoms with E-state index in [2.05, 4.69) is 5.32 Å². The number of carbonyl (C=O) groups excluding carboxylic acids is 1. The molecule has 0 aliphatic carbocycles. The maximum Gasteiger partial charge on any atom is 0.323 e. The Morgan fingerprint density at radius 2 is 2.21 bits per heavy atom. The van der Waals surface area contributed by atoms with Gasteiger partial charge in [-0.15, -0.1) is 11.3 Å². The number of hydrogen-bond donors (Lipinski definition) is 2. The molecule has 1 rings (SSSR count). The Hall–Kier alpha value is -1.60. The highest BCUT2D eigenvalue weighted by Crippen LogP contribution is 2.14. The molecule has 0 aromatic carbocycles. The number of aryl methyl sites for hydroxylation is 1. The van der Waals surface area contributed by atoms with Crippen LogP contribution in [0.2, 0.25) is 0 Å². The summed E-state index contributed by atoms with van der Waals surface area (Å²) in [6, 6.07) is 3.52. The number of hydrogen-bond acceptors (Lipinski definition) is 4. The molecule has 1 aromatic rings. The SMILES string of the molecule is COCCN(CC(=O)O)C(=O)NCc1ccc(C)s1. The van der Waals surface area contributed by atoms with Crippen LogP contribution in [-0.4, -0.2) is 48.8 Å². The predicted molar refractivity (Wildman–Crippen MR) is 72.4 cm³/mol. The third kappa shape index (κ3) is 5.71. The zero-order valence-electron chi connectivity index (χ0n) is 11.0. The lowest BCUT2D eigenvalue weighted by Gasteiger charge is -2.20. The molecule has 0 aliphatic rings. The summed E-state index contributed by atoms with van der Waals surface area (Å²) in [7, 11) is 1.51. The molecule has 0 saturated heterocycles. The molecule has 1 heterocycles. The molecule has 0 saturated carbocycles. The lowest BCUT2D eigenvalue weighted by atomic mass is 10.4.